The number of fused-ring (bicyclic) bond motifs is 1. The first-order valence-corrected chi connectivity index (χ1v) is 10.5. The van der Waals surface area contributed by atoms with E-state index in [1.54, 1.807) is 42.7 Å². The van der Waals surface area contributed by atoms with Crippen LogP contribution in [0.25, 0.3) is 11.0 Å². The van der Waals surface area contributed by atoms with Crippen molar-refractivity contribution in [2.45, 2.75) is 0 Å². The van der Waals surface area contributed by atoms with Gasteiger partial charge >= 0.3 is 0 Å². The third-order valence-corrected chi connectivity index (χ3v) is 5.00. The molecule has 2 aromatic carbocycles. The molecule has 8 heteroatoms. The fraction of sp³-hybridized carbons (Fsp3) is 0. The molecule has 3 aromatic heterocycles. The average molecular weight is 449 g/mol. The van der Waals surface area contributed by atoms with Crippen LogP contribution in [0.5, 0.6) is 11.6 Å². The molecule has 8 nitrogen and oxygen atoms in total. The van der Waals surface area contributed by atoms with E-state index in [9.17, 15) is 9.59 Å². The van der Waals surface area contributed by atoms with Crippen LogP contribution in [0.1, 0.15) is 20.7 Å². The summed E-state index contributed by atoms with van der Waals surface area (Å²) < 4.78 is 5.66. The summed E-state index contributed by atoms with van der Waals surface area (Å²) in [4.78, 5) is 36.9. The maximum Gasteiger partial charge on any atom is 0.255 e. The SMILES string of the molecule is O=C(Nc1ccc(Oc2ccccc2)nc1)c1cccc(C(=O)Nc2cnc3[nH]ccc3c2)c1. The smallest absolute Gasteiger partial charge is 0.255 e. The molecule has 5 aromatic rings. The number of aromatic nitrogens is 3. The monoisotopic (exact) mass is 449 g/mol. The molecule has 0 saturated heterocycles. The van der Waals surface area contributed by atoms with Crippen molar-refractivity contribution in [3.63, 3.8) is 0 Å². The molecule has 0 fully saturated rings. The molecule has 2 amide bonds. The number of anilines is 2. The van der Waals surface area contributed by atoms with Gasteiger partial charge in [-0.15, -0.1) is 0 Å². The van der Waals surface area contributed by atoms with E-state index in [-0.39, 0.29) is 11.8 Å². The Bertz CT molecular complexity index is 1460. The first kappa shape index (κ1) is 20.9. The fourth-order valence-corrected chi connectivity index (χ4v) is 3.34. The molecule has 34 heavy (non-hydrogen) atoms. The molecule has 0 bridgehead atoms. The Morgan fingerprint density at radius 1 is 0.735 bits per heavy atom. The van der Waals surface area contributed by atoms with Crippen molar-refractivity contribution in [2.24, 2.45) is 0 Å². The Kier molecular flexibility index (Phi) is 5.69. The summed E-state index contributed by atoms with van der Waals surface area (Å²) >= 11 is 0. The van der Waals surface area contributed by atoms with Gasteiger partial charge < -0.3 is 20.4 Å². The summed E-state index contributed by atoms with van der Waals surface area (Å²) in [5.41, 5.74) is 2.51. The maximum atomic E-state index is 12.7. The van der Waals surface area contributed by atoms with Crippen molar-refractivity contribution in [1.82, 2.24) is 15.0 Å². The maximum absolute atomic E-state index is 12.7. The molecule has 0 unspecified atom stereocenters. The molecule has 166 valence electrons. The Labute approximate surface area is 194 Å². The number of H-pyrrole nitrogens is 1. The standard InChI is InChI=1S/C26H19N5O3/c32-25(30-20-9-10-23(28-15-20)34-22-7-2-1-3-8-22)18-5-4-6-19(13-18)26(33)31-21-14-17-11-12-27-24(17)29-16-21/h1-16H,(H,27,29)(H,30,32)(H,31,33). The predicted octanol–water partition coefficient (Wildman–Crippen LogP) is 5.25. The number of ether oxygens (including phenoxy) is 1. The van der Waals surface area contributed by atoms with Crippen LogP contribution in [-0.4, -0.2) is 26.8 Å². The van der Waals surface area contributed by atoms with E-state index < -0.39 is 0 Å². The second kappa shape index (κ2) is 9.25. The van der Waals surface area contributed by atoms with Gasteiger partial charge in [0.1, 0.15) is 11.4 Å². The highest BCUT2D eigenvalue weighted by atomic mass is 16.5. The number of nitrogens with zero attached hydrogens (tertiary/aromatic N) is 2. The Balaban J connectivity index is 1.24. The summed E-state index contributed by atoms with van der Waals surface area (Å²) in [6.45, 7) is 0. The molecule has 0 spiro atoms. The van der Waals surface area contributed by atoms with Gasteiger partial charge in [-0.1, -0.05) is 24.3 Å². The van der Waals surface area contributed by atoms with Crippen molar-refractivity contribution in [2.75, 3.05) is 10.6 Å². The predicted molar refractivity (Wildman–Crippen MR) is 129 cm³/mol. The second-order valence-corrected chi connectivity index (χ2v) is 7.43. The minimum Gasteiger partial charge on any atom is -0.439 e. The number of nitrogens with one attached hydrogen (secondary N) is 3. The highest BCUT2D eigenvalue weighted by molar-refractivity contribution is 6.09. The van der Waals surface area contributed by atoms with Crippen molar-refractivity contribution in [3.8, 4) is 11.6 Å². The third kappa shape index (κ3) is 4.76. The number of rotatable bonds is 6. The van der Waals surface area contributed by atoms with Gasteiger partial charge in [0.25, 0.3) is 11.8 Å². The topological polar surface area (TPSA) is 109 Å². The fourth-order valence-electron chi connectivity index (χ4n) is 3.34. The Hall–Kier alpha value is -4.98. The largest absolute Gasteiger partial charge is 0.439 e. The lowest BCUT2D eigenvalue weighted by molar-refractivity contribution is 0.102. The van der Waals surface area contributed by atoms with Gasteiger partial charge in [0.15, 0.2) is 0 Å². The number of benzene rings is 2. The summed E-state index contributed by atoms with van der Waals surface area (Å²) in [6, 6.07) is 22.8. The van der Waals surface area contributed by atoms with Gasteiger partial charge in [-0.05, 0) is 48.5 Å². The van der Waals surface area contributed by atoms with E-state index in [4.69, 9.17) is 4.74 Å². The molecular weight excluding hydrogens is 430 g/mol. The molecule has 5 rings (SSSR count). The van der Waals surface area contributed by atoms with Crippen LogP contribution < -0.4 is 15.4 Å². The zero-order chi connectivity index (χ0) is 23.3. The summed E-state index contributed by atoms with van der Waals surface area (Å²) in [7, 11) is 0. The van der Waals surface area contributed by atoms with Crippen LogP contribution in [0.2, 0.25) is 0 Å². The van der Waals surface area contributed by atoms with Crippen molar-refractivity contribution >= 4 is 34.2 Å². The number of carbonyl (C=O) groups excluding carboxylic acids is 2. The van der Waals surface area contributed by atoms with E-state index in [1.165, 1.54) is 12.3 Å². The van der Waals surface area contributed by atoms with Gasteiger partial charge in [0.2, 0.25) is 5.88 Å². The lowest BCUT2D eigenvalue weighted by Crippen LogP contribution is -2.15. The average Bonchev–Trinajstić information content (AvgIpc) is 3.34. The lowest BCUT2D eigenvalue weighted by atomic mass is 10.1. The van der Waals surface area contributed by atoms with Crippen LogP contribution in [0.4, 0.5) is 11.4 Å². The summed E-state index contributed by atoms with van der Waals surface area (Å²) in [6.07, 6.45) is 4.87. The molecule has 0 aliphatic carbocycles. The highest BCUT2D eigenvalue weighted by Gasteiger charge is 2.12. The number of carbonyl (C=O) groups is 2. The van der Waals surface area contributed by atoms with Crippen molar-refractivity contribution in [3.05, 3.63) is 109 Å². The molecule has 0 saturated carbocycles. The number of hydrogen-bond donors (Lipinski definition) is 3. The van der Waals surface area contributed by atoms with Crippen LogP contribution in [0, 0.1) is 0 Å². The molecule has 0 atom stereocenters. The molecule has 0 aliphatic heterocycles. The van der Waals surface area contributed by atoms with E-state index >= 15 is 0 Å². The van der Waals surface area contributed by atoms with E-state index in [0.717, 1.165) is 11.0 Å². The molecule has 0 radical (unpaired) electrons. The molecule has 3 N–H and O–H groups in total. The second-order valence-electron chi connectivity index (χ2n) is 7.43. The first-order valence-electron chi connectivity index (χ1n) is 10.5. The van der Waals surface area contributed by atoms with Gasteiger partial charge in [-0.2, -0.15) is 0 Å². The normalized spacial score (nSPS) is 10.6. The van der Waals surface area contributed by atoms with Crippen LogP contribution in [-0.2, 0) is 0 Å². The van der Waals surface area contributed by atoms with Gasteiger partial charge in [0, 0.05) is 28.8 Å². The molecule has 0 aliphatic rings. The van der Waals surface area contributed by atoms with Crippen LogP contribution >= 0.6 is 0 Å². The summed E-state index contributed by atoms with van der Waals surface area (Å²) in [5, 5.41) is 6.48. The van der Waals surface area contributed by atoms with E-state index in [1.807, 2.05) is 42.5 Å². The minimum atomic E-state index is -0.358. The Morgan fingerprint density at radius 2 is 1.47 bits per heavy atom. The number of amides is 2. The van der Waals surface area contributed by atoms with Gasteiger partial charge in [-0.25, -0.2) is 9.97 Å². The van der Waals surface area contributed by atoms with Crippen molar-refractivity contribution < 1.29 is 14.3 Å². The minimum absolute atomic E-state index is 0.338. The van der Waals surface area contributed by atoms with Crippen molar-refractivity contribution in [1.29, 1.82) is 0 Å². The van der Waals surface area contributed by atoms with Crippen LogP contribution in [0.15, 0.2) is 97.5 Å². The van der Waals surface area contributed by atoms with Gasteiger partial charge in [0.05, 0.1) is 23.8 Å². The van der Waals surface area contributed by atoms with E-state index in [0.29, 0.717) is 34.1 Å². The third-order valence-electron chi connectivity index (χ3n) is 5.00. The zero-order valence-electron chi connectivity index (χ0n) is 17.9. The lowest BCUT2D eigenvalue weighted by Gasteiger charge is -2.09. The number of aromatic amines is 1. The van der Waals surface area contributed by atoms with Crippen LogP contribution in [0.3, 0.4) is 0 Å². The number of hydrogen-bond acceptors (Lipinski definition) is 5. The number of para-hydroxylation sites is 1. The summed E-state index contributed by atoms with van der Waals surface area (Å²) in [5.74, 6) is 0.389. The zero-order valence-corrected chi connectivity index (χ0v) is 17.9. The first-order chi connectivity index (χ1) is 16.6. The molecular formula is C26H19N5O3. The molecule has 3 heterocycles. The quantitative estimate of drug-likeness (QED) is 0.328. The number of pyridine rings is 2. The van der Waals surface area contributed by atoms with E-state index in [2.05, 4.69) is 25.6 Å². The van der Waals surface area contributed by atoms with Gasteiger partial charge in [-0.3, -0.25) is 9.59 Å². The Morgan fingerprint density at radius 3 is 2.21 bits per heavy atom. The highest BCUT2D eigenvalue weighted by Crippen LogP contribution is 2.20.